The standard InChI is InChI=1S/C17H22N2S/c1-17(2,3)15(18)16-19-14-12-9-5-4-7-11(12)8-6-10-13(14)20-16/h4-5,7,9,15H,6,8,10,18H2,1-3H3. The molecule has 3 rings (SSSR count). The quantitative estimate of drug-likeness (QED) is 0.846. The Morgan fingerprint density at radius 3 is 2.70 bits per heavy atom. The van der Waals surface area contributed by atoms with E-state index >= 15 is 0 Å². The molecule has 2 nitrogen and oxygen atoms in total. The number of hydrogen-bond acceptors (Lipinski definition) is 3. The maximum absolute atomic E-state index is 6.39. The highest BCUT2D eigenvalue weighted by Crippen LogP contribution is 2.40. The Bertz CT molecular complexity index is 622. The number of nitrogens with two attached hydrogens (primary N) is 1. The molecule has 0 saturated heterocycles. The van der Waals surface area contributed by atoms with Gasteiger partial charge in [-0.15, -0.1) is 11.3 Å². The number of aromatic nitrogens is 1. The number of hydrogen-bond donors (Lipinski definition) is 1. The van der Waals surface area contributed by atoms with E-state index in [9.17, 15) is 0 Å². The normalized spacial score (nSPS) is 16.2. The molecular weight excluding hydrogens is 264 g/mol. The van der Waals surface area contributed by atoms with Gasteiger partial charge < -0.3 is 5.73 Å². The minimum Gasteiger partial charge on any atom is -0.322 e. The molecule has 1 atom stereocenters. The fourth-order valence-electron chi connectivity index (χ4n) is 2.66. The molecule has 0 fully saturated rings. The number of rotatable bonds is 1. The molecule has 1 aliphatic rings. The van der Waals surface area contributed by atoms with Crippen molar-refractivity contribution < 1.29 is 0 Å². The molecule has 0 saturated carbocycles. The van der Waals surface area contributed by atoms with Crippen LogP contribution in [0.5, 0.6) is 0 Å². The van der Waals surface area contributed by atoms with E-state index in [2.05, 4.69) is 45.0 Å². The monoisotopic (exact) mass is 286 g/mol. The zero-order valence-corrected chi connectivity index (χ0v) is 13.3. The highest BCUT2D eigenvalue weighted by Gasteiger charge is 2.28. The summed E-state index contributed by atoms with van der Waals surface area (Å²) < 4.78 is 0. The van der Waals surface area contributed by atoms with Gasteiger partial charge in [-0.2, -0.15) is 0 Å². The lowest BCUT2D eigenvalue weighted by molar-refractivity contribution is 0.326. The van der Waals surface area contributed by atoms with Gasteiger partial charge in [-0.3, -0.25) is 0 Å². The van der Waals surface area contributed by atoms with Gasteiger partial charge in [0.15, 0.2) is 0 Å². The topological polar surface area (TPSA) is 38.9 Å². The van der Waals surface area contributed by atoms with Gasteiger partial charge in [-0.1, -0.05) is 45.0 Å². The van der Waals surface area contributed by atoms with Crippen LogP contribution >= 0.6 is 11.3 Å². The van der Waals surface area contributed by atoms with Crippen molar-refractivity contribution >= 4 is 11.3 Å². The summed E-state index contributed by atoms with van der Waals surface area (Å²) in [6.45, 7) is 6.54. The van der Waals surface area contributed by atoms with Crippen LogP contribution in [0.2, 0.25) is 0 Å². The van der Waals surface area contributed by atoms with Crippen molar-refractivity contribution in [2.24, 2.45) is 11.1 Å². The van der Waals surface area contributed by atoms with Crippen LogP contribution in [-0.4, -0.2) is 4.98 Å². The Kier molecular flexibility index (Phi) is 3.43. The summed E-state index contributed by atoms with van der Waals surface area (Å²) in [5.74, 6) is 0. The molecule has 20 heavy (non-hydrogen) atoms. The van der Waals surface area contributed by atoms with Crippen LogP contribution in [0.3, 0.4) is 0 Å². The molecule has 1 aromatic heterocycles. The van der Waals surface area contributed by atoms with Crippen LogP contribution < -0.4 is 5.73 Å². The lowest BCUT2D eigenvalue weighted by atomic mass is 9.88. The van der Waals surface area contributed by atoms with Crippen LogP contribution in [0.4, 0.5) is 0 Å². The predicted molar refractivity (Wildman–Crippen MR) is 86.0 cm³/mol. The van der Waals surface area contributed by atoms with Gasteiger partial charge in [-0.05, 0) is 30.2 Å². The van der Waals surface area contributed by atoms with Gasteiger partial charge in [0, 0.05) is 10.4 Å². The Hall–Kier alpha value is -1.19. The van der Waals surface area contributed by atoms with Gasteiger partial charge in [0.05, 0.1) is 11.7 Å². The van der Waals surface area contributed by atoms with Crippen molar-refractivity contribution in [2.45, 2.75) is 46.1 Å². The Morgan fingerprint density at radius 1 is 1.20 bits per heavy atom. The maximum Gasteiger partial charge on any atom is 0.111 e. The second-order valence-corrected chi connectivity index (χ2v) is 7.79. The molecule has 0 bridgehead atoms. The van der Waals surface area contributed by atoms with Gasteiger partial charge in [0.1, 0.15) is 5.01 Å². The summed E-state index contributed by atoms with van der Waals surface area (Å²) in [6.07, 6.45) is 3.48. The fraction of sp³-hybridized carbons (Fsp3) is 0.471. The number of thiazole rings is 1. The number of aryl methyl sites for hydroxylation is 2. The third-order valence-corrected chi connectivity index (χ3v) is 5.23. The Balaban J connectivity index is 2.08. The molecule has 0 radical (unpaired) electrons. The van der Waals surface area contributed by atoms with Crippen molar-refractivity contribution in [3.8, 4) is 11.3 Å². The van der Waals surface area contributed by atoms with Crippen molar-refractivity contribution in [2.75, 3.05) is 0 Å². The van der Waals surface area contributed by atoms with Crippen LogP contribution in [0.1, 0.15) is 48.7 Å². The summed E-state index contributed by atoms with van der Waals surface area (Å²) >= 11 is 1.81. The second kappa shape index (κ2) is 4.97. The van der Waals surface area contributed by atoms with E-state index in [-0.39, 0.29) is 11.5 Å². The third kappa shape index (κ3) is 2.40. The first-order chi connectivity index (χ1) is 9.47. The highest BCUT2D eigenvalue weighted by molar-refractivity contribution is 7.12. The molecule has 3 heteroatoms. The second-order valence-electron chi connectivity index (χ2n) is 6.68. The van der Waals surface area contributed by atoms with Gasteiger partial charge in [0.25, 0.3) is 0 Å². The van der Waals surface area contributed by atoms with Crippen LogP contribution in [-0.2, 0) is 12.8 Å². The van der Waals surface area contributed by atoms with Crippen molar-refractivity contribution in [1.29, 1.82) is 0 Å². The Labute approximate surface area is 125 Å². The van der Waals surface area contributed by atoms with E-state index in [0.717, 1.165) is 17.8 Å². The van der Waals surface area contributed by atoms with Gasteiger partial charge in [-0.25, -0.2) is 4.98 Å². The first-order valence-corrected chi connectivity index (χ1v) is 8.12. The molecule has 106 valence electrons. The van der Waals surface area contributed by atoms with E-state index in [1.807, 2.05) is 11.3 Å². The summed E-state index contributed by atoms with van der Waals surface area (Å²) in [6, 6.07) is 8.67. The fourth-order valence-corrected chi connectivity index (χ4v) is 4.03. The first-order valence-electron chi connectivity index (χ1n) is 7.30. The lowest BCUT2D eigenvalue weighted by Gasteiger charge is -2.24. The molecule has 0 amide bonds. The number of fused-ring (bicyclic) bond motifs is 3. The minimum absolute atomic E-state index is 0.00610. The predicted octanol–water partition coefficient (Wildman–Crippen LogP) is 4.34. The van der Waals surface area contributed by atoms with Crippen molar-refractivity contribution in [3.05, 3.63) is 39.7 Å². The molecule has 1 heterocycles. The SMILES string of the molecule is CC(C)(C)C(N)c1nc2c(s1)CCCc1ccccc1-2. The zero-order chi connectivity index (χ0) is 14.3. The molecule has 1 aromatic carbocycles. The van der Waals surface area contributed by atoms with E-state index in [0.29, 0.717) is 0 Å². The molecule has 1 aliphatic carbocycles. The summed E-state index contributed by atoms with van der Waals surface area (Å²) in [4.78, 5) is 6.32. The highest BCUT2D eigenvalue weighted by atomic mass is 32.1. The number of benzene rings is 1. The Morgan fingerprint density at radius 2 is 1.95 bits per heavy atom. The largest absolute Gasteiger partial charge is 0.322 e. The molecule has 0 spiro atoms. The first kappa shape index (κ1) is 13.8. The average molecular weight is 286 g/mol. The molecule has 2 aromatic rings. The van der Waals surface area contributed by atoms with Crippen molar-refractivity contribution in [1.82, 2.24) is 4.98 Å². The van der Waals surface area contributed by atoms with E-state index < -0.39 is 0 Å². The molecule has 0 aliphatic heterocycles. The van der Waals surface area contributed by atoms with E-state index in [1.54, 1.807) is 0 Å². The van der Waals surface area contributed by atoms with Crippen LogP contribution in [0.15, 0.2) is 24.3 Å². The summed E-state index contributed by atoms with van der Waals surface area (Å²) in [5, 5.41) is 1.08. The minimum atomic E-state index is 0.00610. The van der Waals surface area contributed by atoms with Crippen LogP contribution in [0, 0.1) is 5.41 Å². The maximum atomic E-state index is 6.39. The van der Waals surface area contributed by atoms with Crippen LogP contribution in [0.25, 0.3) is 11.3 Å². The van der Waals surface area contributed by atoms with Gasteiger partial charge >= 0.3 is 0 Å². The smallest absolute Gasteiger partial charge is 0.111 e. The molecule has 2 N–H and O–H groups in total. The average Bonchev–Trinajstić information content (AvgIpc) is 2.74. The van der Waals surface area contributed by atoms with E-state index in [4.69, 9.17) is 10.7 Å². The van der Waals surface area contributed by atoms with Gasteiger partial charge in [0.2, 0.25) is 0 Å². The summed E-state index contributed by atoms with van der Waals surface area (Å²) in [7, 11) is 0. The number of nitrogens with zero attached hydrogens (tertiary/aromatic N) is 1. The lowest BCUT2D eigenvalue weighted by Crippen LogP contribution is -2.26. The van der Waals surface area contributed by atoms with Crippen molar-refractivity contribution in [3.63, 3.8) is 0 Å². The summed E-state index contributed by atoms with van der Waals surface area (Å²) in [5.41, 5.74) is 10.4. The third-order valence-electron chi connectivity index (χ3n) is 4.04. The van der Waals surface area contributed by atoms with E-state index in [1.165, 1.54) is 28.1 Å². The molecular formula is C17H22N2S. The molecule has 1 unspecified atom stereocenters. The zero-order valence-electron chi connectivity index (χ0n) is 12.4.